The molecule has 2 amide bonds. The lowest BCUT2D eigenvalue weighted by Gasteiger charge is -2.18. The largest absolute Gasteiger partial charge is 0.454 e. The van der Waals surface area contributed by atoms with E-state index in [4.69, 9.17) is 15.2 Å². The molecule has 1 aliphatic rings. The molecule has 0 fully saturated rings. The topological polar surface area (TPSA) is 118 Å². The van der Waals surface area contributed by atoms with Gasteiger partial charge in [0.15, 0.2) is 11.5 Å². The van der Waals surface area contributed by atoms with E-state index in [0.717, 1.165) is 22.0 Å². The van der Waals surface area contributed by atoms with Crippen LogP contribution in [0.1, 0.15) is 24.0 Å². The number of para-hydroxylation sites is 1. The van der Waals surface area contributed by atoms with Gasteiger partial charge in [0.25, 0.3) is 0 Å². The first-order valence-corrected chi connectivity index (χ1v) is 10.3. The summed E-state index contributed by atoms with van der Waals surface area (Å²) < 4.78 is 10.7. The molecule has 1 atom stereocenters. The highest BCUT2D eigenvalue weighted by atomic mass is 16.7. The molecule has 5 N–H and O–H groups in total. The first kappa shape index (κ1) is 20.7. The molecule has 8 heteroatoms. The molecule has 0 saturated carbocycles. The number of H-pyrrole nitrogens is 1. The number of rotatable bonds is 9. The maximum Gasteiger partial charge on any atom is 0.243 e. The van der Waals surface area contributed by atoms with Gasteiger partial charge >= 0.3 is 0 Å². The second-order valence-corrected chi connectivity index (χ2v) is 7.48. The Kier molecular flexibility index (Phi) is 6.37. The highest BCUT2D eigenvalue weighted by Gasteiger charge is 2.23. The number of hydrogen-bond donors (Lipinski definition) is 4. The average molecular weight is 422 g/mol. The third kappa shape index (κ3) is 4.97. The Morgan fingerprint density at radius 1 is 1.13 bits per heavy atom. The molecular formula is C23H26N4O4. The predicted molar refractivity (Wildman–Crippen MR) is 117 cm³/mol. The third-order valence-electron chi connectivity index (χ3n) is 5.26. The summed E-state index contributed by atoms with van der Waals surface area (Å²) in [5, 5.41) is 6.83. The summed E-state index contributed by atoms with van der Waals surface area (Å²) in [5.74, 6) is 0.925. The molecule has 1 aliphatic heterocycles. The fourth-order valence-electron chi connectivity index (χ4n) is 3.62. The molecule has 1 unspecified atom stereocenters. The second kappa shape index (κ2) is 9.53. The summed E-state index contributed by atoms with van der Waals surface area (Å²) in [7, 11) is 0. The van der Waals surface area contributed by atoms with E-state index in [0.29, 0.717) is 37.4 Å². The number of nitrogens with two attached hydrogens (primary N) is 1. The minimum Gasteiger partial charge on any atom is -0.454 e. The van der Waals surface area contributed by atoms with Crippen molar-refractivity contribution in [2.75, 3.05) is 13.3 Å². The van der Waals surface area contributed by atoms with Crippen LogP contribution in [0.15, 0.2) is 48.7 Å². The highest BCUT2D eigenvalue weighted by molar-refractivity contribution is 5.89. The molecule has 3 aromatic rings. The Morgan fingerprint density at radius 2 is 1.97 bits per heavy atom. The summed E-state index contributed by atoms with van der Waals surface area (Å²) in [5.41, 5.74) is 8.36. The monoisotopic (exact) mass is 422 g/mol. The normalized spacial score (nSPS) is 13.2. The Labute approximate surface area is 180 Å². The van der Waals surface area contributed by atoms with Crippen LogP contribution >= 0.6 is 0 Å². The smallest absolute Gasteiger partial charge is 0.243 e. The van der Waals surface area contributed by atoms with Crippen molar-refractivity contribution >= 4 is 22.7 Å². The van der Waals surface area contributed by atoms with Gasteiger partial charge in [0.05, 0.1) is 0 Å². The molecule has 2 aromatic carbocycles. The van der Waals surface area contributed by atoms with E-state index in [1.54, 1.807) is 0 Å². The number of benzene rings is 2. The Hall–Kier alpha value is -3.52. The number of carbonyl (C=O) groups excluding carboxylic acids is 2. The molecule has 0 radical (unpaired) electrons. The zero-order chi connectivity index (χ0) is 21.6. The Bertz CT molecular complexity index is 1080. The Morgan fingerprint density at radius 3 is 2.84 bits per heavy atom. The molecule has 0 bridgehead atoms. The van der Waals surface area contributed by atoms with Crippen LogP contribution in [0, 0.1) is 0 Å². The van der Waals surface area contributed by atoms with Crippen LogP contribution in [0.2, 0.25) is 0 Å². The summed E-state index contributed by atoms with van der Waals surface area (Å²) in [4.78, 5) is 28.5. The van der Waals surface area contributed by atoms with Crippen LogP contribution < -0.4 is 25.8 Å². The van der Waals surface area contributed by atoms with E-state index in [-0.39, 0.29) is 25.0 Å². The number of aromatic amines is 1. The summed E-state index contributed by atoms with van der Waals surface area (Å²) in [6.45, 7) is 0.946. The van der Waals surface area contributed by atoms with Crippen molar-refractivity contribution < 1.29 is 19.1 Å². The van der Waals surface area contributed by atoms with Crippen LogP contribution in [-0.4, -0.2) is 36.2 Å². The number of carbonyl (C=O) groups is 2. The zero-order valence-corrected chi connectivity index (χ0v) is 17.1. The van der Waals surface area contributed by atoms with Crippen LogP contribution in [0.3, 0.4) is 0 Å². The van der Waals surface area contributed by atoms with Crippen molar-refractivity contribution in [2.24, 2.45) is 5.73 Å². The summed E-state index contributed by atoms with van der Waals surface area (Å²) in [6.07, 6.45) is 3.13. The molecule has 162 valence electrons. The quantitative estimate of drug-likeness (QED) is 0.421. The fourth-order valence-corrected chi connectivity index (χ4v) is 3.62. The highest BCUT2D eigenvalue weighted by Crippen LogP contribution is 2.32. The first-order chi connectivity index (χ1) is 15.1. The first-order valence-electron chi connectivity index (χ1n) is 10.3. The fraction of sp³-hybridized carbons (Fsp3) is 0.304. The van der Waals surface area contributed by atoms with Crippen molar-refractivity contribution in [3.05, 3.63) is 59.8 Å². The molecule has 0 spiro atoms. The van der Waals surface area contributed by atoms with E-state index in [1.807, 2.05) is 48.7 Å². The van der Waals surface area contributed by atoms with Gasteiger partial charge in [-0.05, 0) is 42.3 Å². The van der Waals surface area contributed by atoms with Gasteiger partial charge in [-0.15, -0.1) is 0 Å². The number of nitrogens with one attached hydrogen (secondary N) is 3. The molecular weight excluding hydrogens is 396 g/mol. The molecule has 1 aromatic heterocycles. The third-order valence-corrected chi connectivity index (χ3v) is 5.26. The van der Waals surface area contributed by atoms with E-state index in [1.165, 1.54) is 0 Å². The minimum absolute atomic E-state index is 0.187. The molecule has 0 saturated heterocycles. The van der Waals surface area contributed by atoms with Crippen molar-refractivity contribution in [2.45, 2.75) is 31.8 Å². The number of amides is 2. The van der Waals surface area contributed by atoms with Gasteiger partial charge in [0, 0.05) is 36.5 Å². The van der Waals surface area contributed by atoms with Crippen molar-refractivity contribution in [1.29, 1.82) is 0 Å². The Balaban J connectivity index is 1.46. The number of ether oxygens (including phenoxy) is 2. The van der Waals surface area contributed by atoms with Gasteiger partial charge < -0.3 is 30.8 Å². The van der Waals surface area contributed by atoms with Crippen molar-refractivity contribution in [1.82, 2.24) is 15.6 Å². The zero-order valence-electron chi connectivity index (χ0n) is 17.1. The minimum atomic E-state index is -0.696. The predicted octanol–water partition coefficient (Wildman–Crippen LogP) is 1.98. The maximum absolute atomic E-state index is 13.0. The number of fused-ring (bicyclic) bond motifs is 2. The van der Waals surface area contributed by atoms with Gasteiger partial charge in [-0.3, -0.25) is 9.59 Å². The van der Waals surface area contributed by atoms with E-state index >= 15 is 0 Å². The number of aromatic nitrogens is 1. The van der Waals surface area contributed by atoms with E-state index in [2.05, 4.69) is 15.6 Å². The second-order valence-electron chi connectivity index (χ2n) is 7.48. The standard InChI is InChI=1S/C23H26N4O4/c24-9-3-6-22(28)27-19(11-16-13-25-18-5-2-1-4-17(16)18)23(29)26-12-15-7-8-20-21(10-15)31-14-30-20/h1-2,4-5,7-8,10,13,19,25H,3,6,9,11-12,14,24H2,(H,26,29)(H,27,28). The van der Waals surface area contributed by atoms with Gasteiger partial charge in [0.1, 0.15) is 6.04 Å². The van der Waals surface area contributed by atoms with Crippen LogP contribution in [0.5, 0.6) is 11.5 Å². The van der Waals surface area contributed by atoms with Crippen molar-refractivity contribution in [3.8, 4) is 11.5 Å². The summed E-state index contributed by atoms with van der Waals surface area (Å²) >= 11 is 0. The molecule has 2 heterocycles. The van der Waals surface area contributed by atoms with Crippen LogP contribution in [0.25, 0.3) is 10.9 Å². The molecule has 4 rings (SSSR count). The van der Waals surface area contributed by atoms with Crippen molar-refractivity contribution in [3.63, 3.8) is 0 Å². The van der Waals surface area contributed by atoms with Gasteiger partial charge in [-0.2, -0.15) is 0 Å². The molecule has 8 nitrogen and oxygen atoms in total. The van der Waals surface area contributed by atoms with Crippen LogP contribution in [-0.2, 0) is 22.6 Å². The summed E-state index contributed by atoms with van der Waals surface area (Å²) in [6, 6.07) is 12.7. The maximum atomic E-state index is 13.0. The lowest BCUT2D eigenvalue weighted by molar-refractivity contribution is -0.129. The van der Waals surface area contributed by atoms with Gasteiger partial charge in [-0.1, -0.05) is 24.3 Å². The van der Waals surface area contributed by atoms with E-state index in [9.17, 15) is 9.59 Å². The van der Waals surface area contributed by atoms with Gasteiger partial charge in [0.2, 0.25) is 18.6 Å². The van der Waals surface area contributed by atoms with Crippen LogP contribution in [0.4, 0.5) is 0 Å². The average Bonchev–Trinajstić information content (AvgIpc) is 3.42. The lowest BCUT2D eigenvalue weighted by Crippen LogP contribution is -2.47. The molecule has 31 heavy (non-hydrogen) atoms. The number of hydrogen-bond acceptors (Lipinski definition) is 5. The van der Waals surface area contributed by atoms with E-state index < -0.39 is 6.04 Å². The SMILES string of the molecule is NCCCC(=O)NC(Cc1c[nH]c2ccccc12)C(=O)NCc1ccc2c(c1)OCO2. The lowest BCUT2D eigenvalue weighted by atomic mass is 10.0. The molecule has 0 aliphatic carbocycles. The van der Waals surface area contributed by atoms with Gasteiger partial charge in [-0.25, -0.2) is 0 Å².